The lowest BCUT2D eigenvalue weighted by Gasteiger charge is -2.10. The number of benzene rings is 1. The molecule has 1 unspecified atom stereocenters. The van der Waals surface area contributed by atoms with Crippen LogP contribution in [0, 0.1) is 0 Å². The Hall–Kier alpha value is -0.780. The Kier molecular flexibility index (Phi) is 5.59. The minimum Gasteiger partial charge on any atom is -0.420 e. The molecule has 0 spiro atoms. The average molecular weight is 334 g/mol. The molecule has 0 heterocycles. The van der Waals surface area contributed by atoms with Crippen LogP contribution < -0.4 is 4.74 Å². The van der Waals surface area contributed by atoms with Crippen LogP contribution in [0.25, 0.3) is 0 Å². The fourth-order valence-corrected chi connectivity index (χ4v) is 1.53. The number of halogens is 1. The van der Waals surface area contributed by atoms with Crippen LogP contribution in [0.1, 0.15) is 25.8 Å². The van der Waals surface area contributed by atoms with E-state index in [2.05, 4.69) is 6.92 Å². The largest absolute Gasteiger partial charge is 0.514 e. The monoisotopic (exact) mass is 334 g/mol. The molecule has 1 aromatic rings. The van der Waals surface area contributed by atoms with E-state index in [1.54, 1.807) is 13.0 Å². The molecule has 1 atom stereocenters. The molecule has 0 saturated heterocycles. The molecule has 4 heteroatoms. The number of hydrogen-bond donors (Lipinski definition) is 0. The molecular formula is C12H15IO3. The summed E-state index contributed by atoms with van der Waals surface area (Å²) in [5.41, 5.74) is 1.03. The average Bonchev–Trinajstić information content (AvgIpc) is 2.20. The summed E-state index contributed by atoms with van der Waals surface area (Å²) in [5.74, 6) is 0.589. The first-order valence-corrected chi connectivity index (χ1v) is 6.48. The Morgan fingerprint density at radius 2 is 2.12 bits per heavy atom. The third-order valence-electron chi connectivity index (χ3n) is 1.94. The van der Waals surface area contributed by atoms with E-state index in [0.717, 1.165) is 18.4 Å². The third kappa shape index (κ3) is 4.38. The van der Waals surface area contributed by atoms with Crippen LogP contribution in [0.4, 0.5) is 4.79 Å². The molecule has 0 fully saturated rings. The summed E-state index contributed by atoms with van der Waals surface area (Å²) in [6.07, 6.45) is 1.26. The second-order valence-corrected chi connectivity index (χ2v) is 5.12. The molecule has 88 valence electrons. The first-order valence-electron chi connectivity index (χ1n) is 5.24. The molecule has 16 heavy (non-hydrogen) atoms. The number of aryl methyl sites for hydroxylation is 1. The van der Waals surface area contributed by atoms with Crippen molar-refractivity contribution in [3.8, 4) is 5.75 Å². The van der Waals surface area contributed by atoms with E-state index in [1.807, 2.05) is 40.8 Å². The van der Waals surface area contributed by atoms with Crippen LogP contribution in [0.3, 0.4) is 0 Å². The van der Waals surface area contributed by atoms with Crippen LogP contribution in [0.5, 0.6) is 5.75 Å². The Balaban J connectivity index is 2.68. The highest BCUT2D eigenvalue weighted by Crippen LogP contribution is 2.20. The summed E-state index contributed by atoms with van der Waals surface area (Å²) in [6, 6.07) is 7.52. The maximum atomic E-state index is 11.3. The van der Waals surface area contributed by atoms with Gasteiger partial charge in [-0.2, -0.15) is 0 Å². The van der Waals surface area contributed by atoms with Crippen molar-refractivity contribution in [2.75, 3.05) is 0 Å². The van der Waals surface area contributed by atoms with Gasteiger partial charge < -0.3 is 9.47 Å². The van der Waals surface area contributed by atoms with E-state index >= 15 is 0 Å². The quantitative estimate of drug-likeness (QED) is 0.362. The maximum absolute atomic E-state index is 11.3. The van der Waals surface area contributed by atoms with Crippen molar-refractivity contribution < 1.29 is 14.3 Å². The number of ether oxygens (including phenoxy) is 2. The lowest BCUT2D eigenvalue weighted by molar-refractivity contribution is 0.0985. The molecule has 3 nitrogen and oxygen atoms in total. The predicted octanol–water partition coefficient (Wildman–Crippen LogP) is 3.94. The van der Waals surface area contributed by atoms with E-state index in [-0.39, 0.29) is 4.11 Å². The summed E-state index contributed by atoms with van der Waals surface area (Å²) in [7, 11) is 0. The van der Waals surface area contributed by atoms with E-state index < -0.39 is 6.16 Å². The maximum Gasteiger partial charge on any atom is 0.514 e. The summed E-state index contributed by atoms with van der Waals surface area (Å²) < 4.78 is 9.86. The highest BCUT2D eigenvalue weighted by Gasteiger charge is 2.11. The first-order chi connectivity index (χ1) is 7.63. The normalized spacial score (nSPS) is 11.9. The molecule has 0 amide bonds. The highest BCUT2D eigenvalue weighted by atomic mass is 127. The SMILES string of the molecule is CCCc1ccccc1OC(=O)OC(C)I. The van der Waals surface area contributed by atoms with Crippen LogP contribution in [0.15, 0.2) is 24.3 Å². The summed E-state index contributed by atoms with van der Waals surface area (Å²) in [6.45, 7) is 3.86. The predicted molar refractivity (Wildman–Crippen MR) is 71.0 cm³/mol. The van der Waals surface area contributed by atoms with Gasteiger partial charge in [-0.1, -0.05) is 31.5 Å². The number of hydrogen-bond acceptors (Lipinski definition) is 3. The molecule has 0 bridgehead atoms. The van der Waals surface area contributed by atoms with Crippen molar-refractivity contribution in [1.82, 2.24) is 0 Å². The van der Waals surface area contributed by atoms with Crippen molar-refractivity contribution in [3.05, 3.63) is 29.8 Å². The van der Waals surface area contributed by atoms with E-state index in [1.165, 1.54) is 0 Å². The van der Waals surface area contributed by atoms with Crippen molar-refractivity contribution in [2.24, 2.45) is 0 Å². The van der Waals surface area contributed by atoms with Crippen molar-refractivity contribution >= 4 is 28.7 Å². The smallest absolute Gasteiger partial charge is 0.420 e. The van der Waals surface area contributed by atoms with Gasteiger partial charge in [-0.05, 0) is 47.6 Å². The van der Waals surface area contributed by atoms with E-state index in [4.69, 9.17) is 9.47 Å². The molecule has 0 N–H and O–H groups in total. The van der Waals surface area contributed by atoms with E-state index in [9.17, 15) is 4.79 Å². The first kappa shape index (κ1) is 13.3. The van der Waals surface area contributed by atoms with Crippen LogP contribution in [0.2, 0.25) is 0 Å². The molecule has 0 aliphatic carbocycles. The van der Waals surface area contributed by atoms with Crippen LogP contribution >= 0.6 is 22.6 Å². The van der Waals surface area contributed by atoms with Gasteiger partial charge in [0.25, 0.3) is 0 Å². The van der Waals surface area contributed by atoms with Gasteiger partial charge >= 0.3 is 6.16 Å². The zero-order chi connectivity index (χ0) is 12.0. The topological polar surface area (TPSA) is 35.5 Å². The Bertz CT molecular complexity index is 350. The minimum atomic E-state index is -0.648. The second kappa shape index (κ2) is 6.73. The van der Waals surface area contributed by atoms with Crippen molar-refractivity contribution in [3.63, 3.8) is 0 Å². The van der Waals surface area contributed by atoms with Crippen LogP contribution in [-0.2, 0) is 11.2 Å². The molecule has 0 aliphatic heterocycles. The number of alkyl halides is 1. The Morgan fingerprint density at radius 3 is 2.75 bits per heavy atom. The standard InChI is InChI=1S/C12H15IO3/c1-3-6-10-7-4-5-8-11(10)16-12(14)15-9(2)13/h4-5,7-9H,3,6H2,1-2H3. The van der Waals surface area contributed by atoms with E-state index in [0.29, 0.717) is 5.75 Å². The fourth-order valence-electron chi connectivity index (χ4n) is 1.33. The molecule has 0 saturated carbocycles. The lowest BCUT2D eigenvalue weighted by atomic mass is 10.1. The minimum absolute atomic E-state index is 0.191. The number of carbonyl (C=O) groups is 1. The fraction of sp³-hybridized carbons (Fsp3) is 0.417. The lowest BCUT2D eigenvalue weighted by Crippen LogP contribution is -2.14. The van der Waals surface area contributed by atoms with Gasteiger partial charge in [0.15, 0.2) is 4.11 Å². The van der Waals surface area contributed by atoms with Gasteiger partial charge in [0.1, 0.15) is 5.75 Å². The highest BCUT2D eigenvalue weighted by molar-refractivity contribution is 14.1. The Morgan fingerprint density at radius 1 is 1.44 bits per heavy atom. The van der Waals surface area contributed by atoms with Gasteiger partial charge in [-0.25, -0.2) is 4.79 Å². The van der Waals surface area contributed by atoms with Gasteiger partial charge in [0.05, 0.1) is 0 Å². The molecule has 0 radical (unpaired) electrons. The van der Waals surface area contributed by atoms with Gasteiger partial charge in [-0.15, -0.1) is 0 Å². The zero-order valence-corrected chi connectivity index (χ0v) is 11.6. The molecule has 1 aromatic carbocycles. The molecular weight excluding hydrogens is 319 g/mol. The summed E-state index contributed by atoms with van der Waals surface area (Å²) >= 11 is 2.00. The molecule has 1 rings (SSSR count). The number of para-hydroxylation sites is 1. The van der Waals surface area contributed by atoms with Crippen molar-refractivity contribution in [1.29, 1.82) is 0 Å². The molecule has 0 aliphatic rings. The van der Waals surface area contributed by atoms with Gasteiger partial charge in [-0.3, -0.25) is 0 Å². The van der Waals surface area contributed by atoms with Gasteiger partial charge in [0, 0.05) is 0 Å². The van der Waals surface area contributed by atoms with Crippen molar-refractivity contribution in [2.45, 2.75) is 30.8 Å². The number of rotatable bonds is 4. The Labute approximate surface area is 109 Å². The van der Waals surface area contributed by atoms with Gasteiger partial charge in [0.2, 0.25) is 0 Å². The summed E-state index contributed by atoms with van der Waals surface area (Å²) in [5, 5.41) is 0. The number of carbonyl (C=O) groups excluding carboxylic acids is 1. The zero-order valence-electron chi connectivity index (χ0n) is 9.40. The van der Waals surface area contributed by atoms with Crippen LogP contribution in [-0.4, -0.2) is 10.3 Å². The third-order valence-corrected chi connectivity index (χ3v) is 2.20. The molecule has 0 aromatic heterocycles. The second-order valence-electron chi connectivity index (χ2n) is 3.37. The summed E-state index contributed by atoms with van der Waals surface area (Å²) in [4.78, 5) is 11.3.